The van der Waals surface area contributed by atoms with Crippen molar-refractivity contribution in [2.45, 2.75) is 39.0 Å². The molecule has 0 unspecified atom stereocenters. The van der Waals surface area contributed by atoms with Gasteiger partial charge in [0, 0.05) is 0 Å². The number of carbonyl (C=O) groups excluding carboxylic acids is 1. The number of allylic oxidation sites excluding steroid dienone is 1. The van der Waals surface area contributed by atoms with E-state index in [-0.39, 0.29) is 6.73 Å². The summed E-state index contributed by atoms with van der Waals surface area (Å²) >= 11 is 0. The molecule has 0 atom stereocenters. The first-order valence-electron chi connectivity index (χ1n) is 5.72. The van der Waals surface area contributed by atoms with E-state index < -0.39 is 6.09 Å². The highest BCUT2D eigenvalue weighted by Crippen LogP contribution is 2.07. The summed E-state index contributed by atoms with van der Waals surface area (Å²) < 4.78 is 9.13. The van der Waals surface area contributed by atoms with Gasteiger partial charge in [-0.15, -0.1) is 6.58 Å². The van der Waals surface area contributed by atoms with Crippen molar-refractivity contribution in [1.82, 2.24) is 5.32 Å². The summed E-state index contributed by atoms with van der Waals surface area (Å²) in [7, 11) is 0. The Morgan fingerprint density at radius 1 is 1.35 bits per heavy atom. The molecule has 0 saturated heterocycles. The van der Waals surface area contributed by atoms with Crippen molar-refractivity contribution >= 4 is 6.09 Å². The molecule has 0 aromatic carbocycles. The largest absolute Gasteiger partial charge is 0.449 e. The molecule has 0 bridgehead atoms. The topological polar surface area (TPSA) is 71.3 Å². The zero-order valence-electron chi connectivity index (χ0n) is 10.3. The zero-order chi connectivity index (χ0) is 12.9. The molecule has 5 nitrogen and oxygen atoms in total. The number of amides is 1. The van der Waals surface area contributed by atoms with Gasteiger partial charge in [0.1, 0.15) is 0 Å². The van der Waals surface area contributed by atoms with Crippen LogP contribution in [0.5, 0.6) is 0 Å². The third kappa shape index (κ3) is 12.2. The fourth-order valence-electron chi connectivity index (χ4n) is 1.23. The van der Waals surface area contributed by atoms with Crippen molar-refractivity contribution in [3.8, 4) is 6.26 Å². The fraction of sp³-hybridized carbons (Fsp3) is 0.667. The highest BCUT2D eigenvalue weighted by molar-refractivity contribution is 5.66. The average molecular weight is 240 g/mol. The molecule has 0 spiro atoms. The molecule has 0 heterocycles. The van der Waals surface area contributed by atoms with Crippen molar-refractivity contribution in [3.63, 3.8) is 0 Å². The number of hydrogen-bond acceptors (Lipinski definition) is 4. The molecule has 0 radical (unpaired) electrons. The molecule has 0 saturated carbocycles. The number of carbonyl (C=O) groups is 1. The second kappa shape index (κ2) is 10.8. The fourth-order valence-corrected chi connectivity index (χ4v) is 1.23. The molecular weight excluding hydrogens is 220 g/mol. The molecule has 0 rings (SSSR count). The lowest BCUT2D eigenvalue weighted by atomic mass is 10.1. The van der Waals surface area contributed by atoms with Gasteiger partial charge in [0.25, 0.3) is 6.26 Å². The maximum absolute atomic E-state index is 11.0. The van der Waals surface area contributed by atoms with Gasteiger partial charge in [-0.05, 0) is 26.2 Å². The Labute approximate surface area is 102 Å². The van der Waals surface area contributed by atoms with Crippen molar-refractivity contribution in [2.24, 2.45) is 0 Å². The van der Waals surface area contributed by atoms with Crippen LogP contribution in [0.3, 0.4) is 0 Å². The molecule has 0 fully saturated rings. The number of alkyl carbamates (subject to hydrolysis) is 1. The first-order chi connectivity index (χ1) is 8.16. The van der Waals surface area contributed by atoms with Crippen LogP contribution >= 0.6 is 0 Å². The number of unbranched alkanes of at least 4 members (excludes halogenated alkanes) is 3. The number of hydrogen-bond donors (Lipinski definition) is 1. The summed E-state index contributed by atoms with van der Waals surface area (Å²) in [4.78, 5) is 11.0. The zero-order valence-corrected chi connectivity index (χ0v) is 10.3. The van der Waals surface area contributed by atoms with Gasteiger partial charge in [0.2, 0.25) is 0 Å². The lowest BCUT2D eigenvalue weighted by Gasteiger charge is -2.05. The Kier molecular flexibility index (Phi) is 9.73. The molecule has 0 aliphatic rings. The second-order valence-corrected chi connectivity index (χ2v) is 3.81. The van der Waals surface area contributed by atoms with Crippen molar-refractivity contribution in [3.05, 3.63) is 12.2 Å². The van der Waals surface area contributed by atoms with Gasteiger partial charge in [-0.25, -0.2) is 4.79 Å². The molecular formula is C12H20N2O3. The lowest BCUT2D eigenvalue weighted by molar-refractivity contribution is 0.130. The van der Waals surface area contributed by atoms with Crippen LogP contribution in [0.4, 0.5) is 4.79 Å². The summed E-state index contributed by atoms with van der Waals surface area (Å²) in [6.07, 6.45) is 6.10. The third-order valence-corrected chi connectivity index (χ3v) is 2.08. The standard InChI is InChI=1S/C12H20N2O3/c1-11(2)7-5-3-4-6-8-17-12(15)14-10-16-9-13/h1,3-8,10H2,2H3,(H,14,15). The second-order valence-electron chi connectivity index (χ2n) is 3.81. The van der Waals surface area contributed by atoms with E-state index in [4.69, 9.17) is 10.00 Å². The third-order valence-electron chi connectivity index (χ3n) is 2.08. The smallest absolute Gasteiger partial charge is 0.409 e. The number of rotatable bonds is 9. The van der Waals surface area contributed by atoms with E-state index in [0.29, 0.717) is 6.61 Å². The molecule has 0 aromatic rings. The number of nitrogens with one attached hydrogen (secondary N) is 1. The summed E-state index contributed by atoms with van der Waals surface area (Å²) in [5.74, 6) is 0. The van der Waals surface area contributed by atoms with Crippen LogP contribution < -0.4 is 5.32 Å². The Morgan fingerprint density at radius 2 is 2.06 bits per heavy atom. The molecule has 96 valence electrons. The minimum absolute atomic E-state index is 0.145. The van der Waals surface area contributed by atoms with Gasteiger partial charge >= 0.3 is 6.09 Å². The highest BCUT2D eigenvalue weighted by Gasteiger charge is 2.00. The van der Waals surface area contributed by atoms with Crippen LogP contribution in [0.15, 0.2) is 12.2 Å². The number of nitrogens with zero attached hydrogens (tertiary/aromatic N) is 1. The normalized spacial score (nSPS) is 9.18. The highest BCUT2D eigenvalue weighted by atomic mass is 16.6. The van der Waals surface area contributed by atoms with E-state index in [1.165, 1.54) is 11.8 Å². The summed E-state index contributed by atoms with van der Waals surface area (Å²) in [5, 5.41) is 10.3. The monoisotopic (exact) mass is 240 g/mol. The number of ether oxygens (including phenoxy) is 2. The Morgan fingerprint density at radius 3 is 2.71 bits per heavy atom. The quantitative estimate of drug-likeness (QED) is 0.291. The molecule has 0 aromatic heterocycles. The summed E-state index contributed by atoms with van der Waals surface area (Å²) in [6, 6.07) is 0. The SMILES string of the molecule is C=C(C)CCCCCCOC(=O)NCOC#N. The number of nitriles is 1. The molecule has 0 aliphatic carbocycles. The van der Waals surface area contributed by atoms with Crippen LogP contribution in [-0.2, 0) is 9.47 Å². The van der Waals surface area contributed by atoms with Gasteiger partial charge in [-0.2, -0.15) is 5.26 Å². The van der Waals surface area contributed by atoms with E-state index >= 15 is 0 Å². The predicted octanol–water partition coefficient (Wildman–Crippen LogP) is 2.69. The van der Waals surface area contributed by atoms with Crippen LogP contribution in [0.25, 0.3) is 0 Å². The van der Waals surface area contributed by atoms with Gasteiger partial charge < -0.3 is 9.47 Å². The van der Waals surface area contributed by atoms with E-state index in [9.17, 15) is 4.79 Å². The maximum atomic E-state index is 11.0. The Hall–Kier alpha value is -1.70. The molecule has 5 heteroatoms. The minimum Gasteiger partial charge on any atom is -0.449 e. The molecule has 1 N–H and O–H groups in total. The van der Waals surface area contributed by atoms with Gasteiger partial charge in [-0.3, -0.25) is 5.32 Å². The summed E-state index contributed by atoms with van der Waals surface area (Å²) in [6.45, 7) is 6.11. The van der Waals surface area contributed by atoms with Gasteiger partial charge in [0.15, 0.2) is 6.73 Å². The van der Waals surface area contributed by atoms with Crippen LogP contribution in [-0.4, -0.2) is 19.4 Å². The minimum atomic E-state index is -0.554. The van der Waals surface area contributed by atoms with Crippen molar-refractivity contribution < 1.29 is 14.3 Å². The van der Waals surface area contributed by atoms with Crippen molar-refractivity contribution in [2.75, 3.05) is 13.3 Å². The van der Waals surface area contributed by atoms with Crippen LogP contribution in [0.1, 0.15) is 39.0 Å². The lowest BCUT2D eigenvalue weighted by Crippen LogP contribution is -2.26. The summed E-state index contributed by atoms with van der Waals surface area (Å²) in [5.41, 5.74) is 1.21. The molecule has 17 heavy (non-hydrogen) atoms. The van der Waals surface area contributed by atoms with Crippen LogP contribution in [0, 0.1) is 11.5 Å². The van der Waals surface area contributed by atoms with E-state index in [1.807, 2.05) is 6.92 Å². The Bertz CT molecular complexity index is 271. The van der Waals surface area contributed by atoms with E-state index in [0.717, 1.165) is 32.1 Å². The van der Waals surface area contributed by atoms with Gasteiger partial charge in [-0.1, -0.05) is 18.4 Å². The first kappa shape index (κ1) is 15.3. The first-order valence-corrected chi connectivity index (χ1v) is 5.72. The van der Waals surface area contributed by atoms with E-state index in [2.05, 4.69) is 16.6 Å². The molecule has 0 aliphatic heterocycles. The predicted molar refractivity (Wildman–Crippen MR) is 63.9 cm³/mol. The molecule has 1 amide bonds. The van der Waals surface area contributed by atoms with Crippen LogP contribution in [0.2, 0.25) is 0 Å². The Balaban J connectivity index is 3.19. The average Bonchev–Trinajstić information content (AvgIpc) is 2.28. The van der Waals surface area contributed by atoms with Gasteiger partial charge in [0.05, 0.1) is 6.61 Å². The van der Waals surface area contributed by atoms with Crippen molar-refractivity contribution in [1.29, 1.82) is 5.26 Å². The van der Waals surface area contributed by atoms with E-state index in [1.54, 1.807) is 0 Å². The maximum Gasteiger partial charge on any atom is 0.409 e.